The van der Waals surface area contributed by atoms with Gasteiger partial charge in [0, 0.05) is 11.8 Å². The molecule has 1 N–H and O–H groups in total. The molecular formula is C13H17ClFNS. The van der Waals surface area contributed by atoms with Gasteiger partial charge in [0.1, 0.15) is 0 Å². The topological polar surface area (TPSA) is 12.0 Å². The largest absolute Gasteiger partial charge is 0.379 e. The van der Waals surface area contributed by atoms with Gasteiger partial charge in [-0.15, -0.1) is 0 Å². The van der Waals surface area contributed by atoms with Crippen molar-refractivity contribution in [1.82, 2.24) is 0 Å². The molecule has 0 amide bonds. The summed E-state index contributed by atoms with van der Waals surface area (Å²) in [5, 5.41) is 3.48. The number of rotatable bonds is 2. The van der Waals surface area contributed by atoms with Crippen LogP contribution in [0.1, 0.15) is 20.3 Å². The molecule has 1 aliphatic heterocycles. The van der Waals surface area contributed by atoms with Crippen LogP contribution in [-0.2, 0) is 0 Å². The molecule has 2 rings (SSSR count). The Morgan fingerprint density at radius 1 is 1.47 bits per heavy atom. The Labute approximate surface area is 111 Å². The highest BCUT2D eigenvalue weighted by atomic mass is 35.5. The first-order valence-electron chi connectivity index (χ1n) is 5.79. The lowest BCUT2D eigenvalue weighted by Gasteiger charge is -2.39. The SMILES string of the molecule is CC1(C)CCSCC1Nc1cccc(Cl)c1F. The lowest BCUT2D eigenvalue weighted by atomic mass is 9.82. The number of hydrogen-bond acceptors (Lipinski definition) is 2. The van der Waals surface area contributed by atoms with Crippen molar-refractivity contribution in [2.24, 2.45) is 5.41 Å². The van der Waals surface area contributed by atoms with E-state index in [4.69, 9.17) is 11.6 Å². The fraction of sp³-hybridized carbons (Fsp3) is 0.538. The van der Waals surface area contributed by atoms with Crippen LogP contribution < -0.4 is 5.32 Å². The molecule has 4 heteroatoms. The van der Waals surface area contributed by atoms with Gasteiger partial charge in [-0.3, -0.25) is 0 Å². The summed E-state index contributed by atoms with van der Waals surface area (Å²) in [6, 6.07) is 5.38. The van der Waals surface area contributed by atoms with Gasteiger partial charge in [0.25, 0.3) is 0 Å². The first kappa shape index (κ1) is 13.0. The third-order valence-electron chi connectivity index (χ3n) is 3.40. The van der Waals surface area contributed by atoms with Crippen LogP contribution in [0.25, 0.3) is 0 Å². The van der Waals surface area contributed by atoms with Gasteiger partial charge in [0.15, 0.2) is 5.82 Å². The molecule has 1 nitrogen and oxygen atoms in total. The first-order valence-corrected chi connectivity index (χ1v) is 7.32. The van der Waals surface area contributed by atoms with E-state index in [-0.39, 0.29) is 22.3 Å². The molecule has 0 bridgehead atoms. The van der Waals surface area contributed by atoms with Crippen molar-refractivity contribution in [3.8, 4) is 0 Å². The second kappa shape index (κ2) is 5.07. The van der Waals surface area contributed by atoms with Gasteiger partial charge in [0.05, 0.1) is 10.7 Å². The Bertz CT molecular complexity index is 408. The number of anilines is 1. The fourth-order valence-corrected chi connectivity index (χ4v) is 3.76. The van der Waals surface area contributed by atoms with Crippen molar-refractivity contribution in [3.05, 3.63) is 29.0 Å². The van der Waals surface area contributed by atoms with Crippen molar-refractivity contribution < 1.29 is 4.39 Å². The van der Waals surface area contributed by atoms with Crippen molar-refractivity contribution in [3.63, 3.8) is 0 Å². The molecule has 0 aromatic heterocycles. The van der Waals surface area contributed by atoms with E-state index in [1.54, 1.807) is 18.2 Å². The molecule has 17 heavy (non-hydrogen) atoms. The maximum atomic E-state index is 13.8. The van der Waals surface area contributed by atoms with Crippen LogP contribution in [0.5, 0.6) is 0 Å². The molecular weight excluding hydrogens is 257 g/mol. The van der Waals surface area contributed by atoms with E-state index in [1.165, 1.54) is 5.75 Å². The molecule has 1 heterocycles. The summed E-state index contributed by atoms with van der Waals surface area (Å²) in [5.41, 5.74) is 0.707. The standard InChI is InChI=1S/C13H17ClFNS/c1-13(2)6-7-17-8-11(13)16-10-5-3-4-9(14)12(10)15/h3-5,11,16H,6-8H2,1-2H3. The molecule has 1 unspecified atom stereocenters. The highest BCUT2D eigenvalue weighted by Gasteiger charge is 2.32. The summed E-state index contributed by atoms with van der Waals surface area (Å²) >= 11 is 7.70. The summed E-state index contributed by atoms with van der Waals surface area (Å²) in [7, 11) is 0. The minimum atomic E-state index is -0.347. The summed E-state index contributed by atoms with van der Waals surface area (Å²) in [6.45, 7) is 4.46. The summed E-state index contributed by atoms with van der Waals surface area (Å²) in [5.74, 6) is 1.85. The van der Waals surface area contributed by atoms with Gasteiger partial charge >= 0.3 is 0 Å². The van der Waals surface area contributed by atoms with Crippen molar-refractivity contribution >= 4 is 29.1 Å². The van der Waals surface area contributed by atoms with Crippen LogP contribution in [0.2, 0.25) is 5.02 Å². The molecule has 1 fully saturated rings. The monoisotopic (exact) mass is 273 g/mol. The zero-order valence-electron chi connectivity index (χ0n) is 10.1. The van der Waals surface area contributed by atoms with Crippen molar-refractivity contribution in [1.29, 1.82) is 0 Å². The number of halogens is 2. The third kappa shape index (κ3) is 2.89. The molecule has 0 radical (unpaired) electrons. The minimum absolute atomic E-state index is 0.177. The maximum absolute atomic E-state index is 13.8. The first-order chi connectivity index (χ1) is 8.00. The van der Waals surface area contributed by atoms with E-state index in [2.05, 4.69) is 19.2 Å². The molecule has 1 aromatic carbocycles. The summed E-state index contributed by atoms with van der Waals surface area (Å²) < 4.78 is 13.8. The van der Waals surface area contributed by atoms with Gasteiger partial charge in [-0.25, -0.2) is 4.39 Å². The van der Waals surface area contributed by atoms with Crippen LogP contribution in [0, 0.1) is 11.2 Å². The van der Waals surface area contributed by atoms with Crippen LogP contribution in [0.15, 0.2) is 18.2 Å². The second-order valence-corrected chi connectivity index (χ2v) is 6.67. The van der Waals surface area contributed by atoms with Crippen LogP contribution in [0.4, 0.5) is 10.1 Å². The number of benzene rings is 1. The predicted octanol–water partition coefficient (Wildman–Crippen LogP) is 4.42. The van der Waals surface area contributed by atoms with E-state index >= 15 is 0 Å². The lowest BCUT2D eigenvalue weighted by molar-refractivity contribution is 0.304. The zero-order valence-corrected chi connectivity index (χ0v) is 11.7. The van der Waals surface area contributed by atoms with E-state index in [0.717, 1.165) is 12.2 Å². The van der Waals surface area contributed by atoms with Gasteiger partial charge in [0.2, 0.25) is 0 Å². The molecule has 0 saturated carbocycles. The second-order valence-electron chi connectivity index (χ2n) is 5.11. The highest BCUT2D eigenvalue weighted by molar-refractivity contribution is 7.99. The fourth-order valence-electron chi connectivity index (χ4n) is 1.98. The lowest BCUT2D eigenvalue weighted by Crippen LogP contribution is -2.41. The molecule has 1 aliphatic rings. The molecule has 94 valence electrons. The maximum Gasteiger partial charge on any atom is 0.164 e. The molecule has 0 aliphatic carbocycles. The smallest absolute Gasteiger partial charge is 0.164 e. The highest BCUT2D eigenvalue weighted by Crippen LogP contribution is 2.36. The van der Waals surface area contributed by atoms with Gasteiger partial charge in [-0.2, -0.15) is 11.8 Å². The Morgan fingerprint density at radius 3 is 2.94 bits per heavy atom. The number of hydrogen-bond donors (Lipinski definition) is 1. The Balaban J connectivity index is 2.17. The Kier molecular flexibility index (Phi) is 3.88. The Morgan fingerprint density at radius 2 is 2.24 bits per heavy atom. The molecule has 0 spiro atoms. The average molecular weight is 274 g/mol. The van der Waals surface area contributed by atoms with Gasteiger partial charge in [-0.05, 0) is 29.7 Å². The third-order valence-corrected chi connectivity index (χ3v) is 4.75. The normalized spacial score (nSPS) is 23.4. The zero-order chi connectivity index (χ0) is 12.5. The molecule has 1 aromatic rings. The van der Waals surface area contributed by atoms with Crippen LogP contribution >= 0.6 is 23.4 Å². The summed E-state index contributed by atoms with van der Waals surface area (Å²) in [6.07, 6.45) is 1.15. The van der Waals surface area contributed by atoms with Gasteiger partial charge < -0.3 is 5.32 Å². The number of nitrogens with one attached hydrogen (secondary N) is 1. The van der Waals surface area contributed by atoms with Crippen molar-refractivity contribution in [2.45, 2.75) is 26.3 Å². The van der Waals surface area contributed by atoms with E-state index < -0.39 is 0 Å². The van der Waals surface area contributed by atoms with Crippen LogP contribution in [-0.4, -0.2) is 17.5 Å². The predicted molar refractivity (Wildman–Crippen MR) is 74.5 cm³/mol. The minimum Gasteiger partial charge on any atom is -0.379 e. The van der Waals surface area contributed by atoms with E-state index in [1.807, 2.05) is 11.8 Å². The molecule has 1 atom stereocenters. The van der Waals surface area contributed by atoms with Crippen LogP contribution in [0.3, 0.4) is 0 Å². The van der Waals surface area contributed by atoms with E-state index in [9.17, 15) is 4.39 Å². The van der Waals surface area contributed by atoms with Gasteiger partial charge in [-0.1, -0.05) is 31.5 Å². The summed E-state index contributed by atoms with van der Waals surface area (Å²) in [4.78, 5) is 0. The molecule has 1 saturated heterocycles. The average Bonchev–Trinajstić information content (AvgIpc) is 2.27. The number of thioether (sulfide) groups is 1. The van der Waals surface area contributed by atoms with E-state index in [0.29, 0.717) is 5.69 Å². The Hall–Kier alpha value is -0.410. The van der Waals surface area contributed by atoms with Crippen molar-refractivity contribution in [2.75, 3.05) is 16.8 Å². The quantitative estimate of drug-likeness (QED) is 0.856.